The molecular weight excluding hydrogens is 329 g/mol. The summed E-state index contributed by atoms with van der Waals surface area (Å²) in [6, 6.07) is 11.8. The Bertz CT molecular complexity index is 887. The fraction of sp³-hybridized carbons (Fsp3) is 0.167. The molecule has 0 aliphatic carbocycles. The van der Waals surface area contributed by atoms with Crippen molar-refractivity contribution in [3.05, 3.63) is 77.0 Å². The van der Waals surface area contributed by atoms with Gasteiger partial charge in [0.05, 0.1) is 11.8 Å². The fourth-order valence-electron chi connectivity index (χ4n) is 2.62. The Morgan fingerprint density at radius 3 is 2.25 bits per heavy atom. The zero-order valence-corrected chi connectivity index (χ0v) is 13.8. The summed E-state index contributed by atoms with van der Waals surface area (Å²) < 4.78 is 36.7. The van der Waals surface area contributed by atoms with Crippen molar-refractivity contribution in [2.24, 2.45) is 0 Å². The van der Waals surface area contributed by atoms with Crippen LogP contribution in [0.15, 0.2) is 60.0 Å². The van der Waals surface area contributed by atoms with Gasteiger partial charge in [-0.05, 0) is 49.4 Å². The van der Waals surface area contributed by atoms with Crippen LogP contribution in [0, 0.1) is 12.7 Å². The first-order valence-electron chi connectivity index (χ1n) is 7.42. The maximum absolute atomic E-state index is 13.2. The van der Waals surface area contributed by atoms with Crippen molar-refractivity contribution in [3.63, 3.8) is 0 Å². The minimum atomic E-state index is -3.33. The first-order chi connectivity index (χ1) is 11.4. The van der Waals surface area contributed by atoms with E-state index in [1.54, 1.807) is 12.1 Å². The third kappa shape index (κ3) is 3.38. The Hall–Kier alpha value is -2.47. The molecule has 6 heteroatoms. The lowest BCUT2D eigenvalue weighted by molar-refractivity contribution is 0.0983. The maximum Gasteiger partial charge on any atom is 0.258 e. The lowest BCUT2D eigenvalue weighted by Crippen LogP contribution is -2.41. The van der Waals surface area contributed by atoms with E-state index >= 15 is 0 Å². The molecule has 2 aromatic carbocycles. The number of amides is 1. The monoisotopic (exact) mass is 345 g/mol. The van der Waals surface area contributed by atoms with Crippen LogP contribution in [-0.2, 0) is 9.84 Å². The molecule has 4 nitrogen and oxygen atoms in total. The summed E-state index contributed by atoms with van der Waals surface area (Å²) >= 11 is 0. The molecule has 0 saturated heterocycles. The highest BCUT2D eigenvalue weighted by Gasteiger charge is 2.32. The van der Waals surface area contributed by atoms with Crippen LogP contribution in [0.4, 0.5) is 10.1 Å². The van der Waals surface area contributed by atoms with Gasteiger partial charge in [0, 0.05) is 16.7 Å². The van der Waals surface area contributed by atoms with E-state index < -0.39 is 21.7 Å². The quantitative estimate of drug-likeness (QED) is 0.859. The number of nitrogens with zero attached hydrogens (tertiary/aromatic N) is 1. The van der Waals surface area contributed by atoms with Crippen LogP contribution in [-0.4, -0.2) is 26.1 Å². The average Bonchev–Trinajstić information content (AvgIpc) is 2.90. The molecule has 0 spiro atoms. The van der Waals surface area contributed by atoms with E-state index in [2.05, 4.69) is 0 Å². The van der Waals surface area contributed by atoms with Gasteiger partial charge in [0.25, 0.3) is 5.91 Å². The molecule has 0 fully saturated rings. The van der Waals surface area contributed by atoms with Crippen LogP contribution in [0.5, 0.6) is 0 Å². The number of benzene rings is 2. The van der Waals surface area contributed by atoms with Gasteiger partial charge in [-0.15, -0.1) is 0 Å². The lowest BCUT2D eigenvalue weighted by atomic mass is 10.1. The summed E-state index contributed by atoms with van der Waals surface area (Å²) in [4.78, 5) is 14.3. The average molecular weight is 345 g/mol. The lowest BCUT2D eigenvalue weighted by Gasteiger charge is -2.28. The predicted octanol–water partition coefficient (Wildman–Crippen LogP) is 3.09. The van der Waals surface area contributed by atoms with Gasteiger partial charge in [0.15, 0.2) is 9.84 Å². The topological polar surface area (TPSA) is 54.5 Å². The standard InChI is InChI=1S/C18H16FNO3S/c1-13-2-4-14(5-3-13)18(21)20(16-8-6-15(19)7-9-16)17-10-11-24(22,23)12-17/h2-11,17H,12H2,1H3/t17-/m0/s1. The van der Waals surface area contributed by atoms with Crippen LogP contribution in [0.3, 0.4) is 0 Å². The molecule has 1 atom stereocenters. The van der Waals surface area contributed by atoms with E-state index in [0.29, 0.717) is 11.3 Å². The van der Waals surface area contributed by atoms with Gasteiger partial charge in [0.1, 0.15) is 5.82 Å². The zero-order valence-electron chi connectivity index (χ0n) is 13.0. The molecule has 0 unspecified atom stereocenters. The van der Waals surface area contributed by atoms with Gasteiger partial charge in [0.2, 0.25) is 0 Å². The molecule has 0 saturated carbocycles. The van der Waals surface area contributed by atoms with Gasteiger partial charge in [-0.1, -0.05) is 17.7 Å². The molecule has 2 aromatic rings. The second-order valence-electron chi connectivity index (χ2n) is 5.74. The van der Waals surface area contributed by atoms with Gasteiger partial charge in [-0.3, -0.25) is 4.79 Å². The minimum Gasteiger partial charge on any atom is -0.300 e. The Morgan fingerprint density at radius 1 is 1.08 bits per heavy atom. The Labute approximate surface area is 140 Å². The van der Waals surface area contributed by atoms with Crippen LogP contribution < -0.4 is 4.90 Å². The van der Waals surface area contributed by atoms with Gasteiger partial charge in [-0.2, -0.15) is 0 Å². The number of anilines is 1. The second-order valence-corrected chi connectivity index (χ2v) is 7.67. The molecule has 0 N–H and O–H groups in total. The van der Waals surface area contributed by atoms with E-state index in [0.717, 1.165) is 11.0 Å². The molecular formula is C18H16FNO3S. The normalized spacial score (nSPS) is 18.5. The van der Waals surface area contributed by atoms with Crippen LogP contribution in [0.1, 0.15) is 15.9 Å². The largest absolute Gasteiger partial charge is 0.300 e. The summed E-state index contributed by atoms with van der Waals surface area (Å²) in [6.45, 7) is 1.91. The summed E-state index contributed by atoms with van der Waals surface area (Å²) in [6.07, 6.45) is 1.49. The third-order valence-electron chi connectivity index (χ3n) is 3.86. The SMILES string of the molecule is Cc1ccc(C(=O)N(c2ccc(F)cc2)[C@H]2C=CS(=O)(=O)C2)cc1. The molecule has 124 valence electrons. The van der Waals surface area contributed by atoms with E-state index in [-0.39, 0.29) is 11.7 Å². The summed E-state index contributed by atoms with van der Waals surface area (Å²) in [5.41, 5.74) is 1.92. The van der Waals surface area contributed by atoms with Crippen molar-refractivity contribution in [2.45, 2.75) is 13.0 Å². The van der Waals surface area contributed by atoms with E-state index in [4.69, 9.17) is 0 Å². The Morgan fingerprint density at radius 2 is 1.71 bits per heavy atom. The van der Waals surface area contributed by atoms with Gasteiger partial charge in [-0.25, -0.2) is 12.8 Å². The van der Waals surface area contributed by atoms with Crippen LogP contribution in [0.2, 0.25) is 0 Å². The number of hydrogen-bond acceptors (Lipinski definition) is 3. The molecule has 0 radical (unpaired) electrons. The van der Waals surface area contributed by atoms with Crippen molar-refractivity contribution in [1.82, 2.24) is 0 Å². The number of aryl methyl sites for hydroxylation is 1. The highest BCUT2D eigenvalue weighted by Crippen LogP contribution is 2.25. The highest BCUT2D eigenvalue weighted by atomic mass is 32.2. The third-order valence-corrected chi connectivity index (χ3v) is 5.24. The zero-order chi connectivity index (χ0) is 17.3. The second kappa shape index (κ2) is 6.20. The first kappa shape index (κ1) is 16.4. The molecule has 1 aliphatic rings. The van der Waals surface area contributed by atoms with Crippen molar-refractivity contribution in [3.8, 4) is 0 Å². The van der Waals surface area contributed by atoms with Crippen molar-refractivity contribution >= 4 is 21.4 Å². The predicted molar refractivity (Wildman–Crippen MR) is 91.1 cm³/mol. The molecule has 3 rings (SSSR count). The fourth-order valence-corrected chi connectivity index (χ4v) is 3.88. The molecule has 1 amide bonds. The Balaban J connectivity index is 2.01. The minimum absolute atomic E-state index is 0.179. The van der Waals surface area contributed by atoms with Crippen molar-refractivity contribution in [1.29, 1.82) is 0 Å². The number of halogens is 1. The summed E-state index contributed by atoms with van der Waals surface area (Å²) in [5.74, 6) is -0.924. The van der Waals surface area contributed by atoms with Crippen molar-refractivity contribution in [2.75, 3.05) is 10.7 Å². The van der Waals surface area contributed by atoms with Crippen LogP contribution in [0.25, 0.3) is 0 Å². The molecule has 1 heterocycles. The summed E-state index contributed by atoms with van der Waals surface area (Å²) in [5, 5.41) is 1.12. The Kier molecular flexibility index (Phi) is 4.24. The van der Waals surface area contributed by atoms with E-state index in [9.17, 15) is 17.6 Å². The highest BCUT2D eigenvalue weighted by molar-refractivity contribution is 7.94. The number of carbonyl (C=O) groups is 1. The number of sulfone groups is 1. The molecule has 0 aromatic heterocycles. The van der Waals surface area contributed by atoms with Crippen molar-refractivity contribution < 1.29 is 17.6 Å². The van der Waals surface area contributed by atoms with Gasteiger partial charge < -0.3 is 4.90 Å². The number of rotatable bonds is 3. The maximum atomic E-state index is 13.2. The summed E-state index contributed by atoms with van der Waals surface area (Å²) in [7, 11) is -3.33. The molecule has 24 heavy (non-hydrogen) atoms. The van der Waals surface area contributed by atoms with Gasteiger partial charge >= 0.3 is 0 Å². The van der Waals surface area contributed by atoms with E-state index in [1.165, 1.54) is 35.2 Å². The van der Waals surface area contributed by atoms with Crippen LogP contribution >= 0.6 is 0 Å². The molecule has 1 aliphatic heterocycles. The smallest absolute Gasteiger partial charge is 0.258 e. The molecule has 0 bridgehead atoms. The number of carbonyl (C=O) groups excluding carboxylic acids is 1. The first-order valence-corrected chi connectivity index (χ1v) is 9.14. The van der Waals surface area contributed by atoms with E-state index in [1.807, 2.05) is 19.1 Å². The number of hydrogen-bond donors (Lipinski definition) is 0.